The number of nitrogens with one attached hydrogen (secondary N) is 1. The van der Waals surface area contributed by atoms with Crippen molar-refractivity contribution in [2.75, 3.05) is 32.9 Å². The molecule has 2 aromatic rings. The number of morpholine rings is 1. The van der Waals surface area contributed by atoms with E-state index >= 15 is 0 Å². The molecule has 1 N–H and O–H groups in total. The fourth-order valence-electron chi connectivity index (χ4n) is 4.50. The first kappa shape index (κ1) is 18.3. The molecule has 2 aliphatic heterocycles. The summed E-state index contributed by atoms with van der Waals surface area (Å²) in [5.74, 6) is 0.102. The molecule has 6 heteroatoms. The number of hydrogen-bond donors (Lipinski definition) is 1. The maximum absolute atomic E-state index is 12.8. The standard InChI is InChI=1S/C21H22N2O3.ClH/c24-21(23-14-9-22-10-15(23)12-25-11-14)26-13-20-18-7-3-1-5-16(18)17-6-2-4-8-19(17)20;/h1-8,14-15,20,22H,9-13H2;1H. The molecule has 5 rings (SSSR count). The SMILES string of the molecule is Cl.O=C(OCC1c2ccccc2-c2ccccc21)N1C2CNCC1COC2. The van der Waals surface area contributed by atoms with E-state index in [1.54, 1.807) is 0 Å². The van der Waals surface area contributed by atoms with Gasteiger partial charge in [0.2, 0.25) is 0 Å². The summed E-state index contributed by atoms with van der Waals surface area (Å²) in [4.78, 5) is 14.7. The van der Waals surface area contributed by atoms with Crippen molar-refractivity contribution in [1.82, 2.24) is 10.2 Å². The highest BCUT2D eigenvalue weighted by Gasteiger charge is 2.39. The maximum atomic E-state index is 12.8. The van der Waals surface area contributed by atoms with Gasteiger partial charge in [0.25, 0.3) is 0 Å². The molecule has 1 amide bonds. The number of piperazine rings is 1. The molecule has 5 nitrogen and oxygen atoms in total. The smallest absolute Gasteiger partial charge is 0.410 e. The largest absolute Gasteiger partial charge is 0.448 e. The Balaban J connectivity index is 0.00000180. The highest BCUT2D eigenvalue weighted by Crippen LogP contribution is 2.44. The molecule has 0 aromatic heterocycles. The minimum absolute atomic E-state index is 0. The zero-order chi connectivity index (χ0) is 17.5. The van der Waals surface area contributed by atoms with Gasteiger partial charge in [-0.05, 0) is 22.3 Å². The lowest BCUT2D eigenvalue weighted by Gasteiger charge is -2.45. The van der Waals surface area contributed by atoms with Crippen LogP contribution in [0.25, 0.3) is 11.1 Å². The third kappa shape index (κ3) is 3.10. The lowest BCUT2D eigenvalue weighted by molar-refractivity contribution is -0.0580. The molecule has 2 aromatic carbocycles. The third-order valence-electron chi connectivity index (χ3n) is 5.71. The van der Waals surface area contributed by atoms with Crippen molar-refractivity contribution in [2.24, 2.45) is 0 Å². The van der Waals surface area contributed by atoms with E-state index < -0.39 is 0 Å². The molecule has 27 heavy (non-hydrogen) atoms. The van der Waals surface area contributed by atoms with Gasteiger partial charge in [-0.1, -0.05) is 48.5 Å². The Morgan fingerprint density at radius 2 is 1.56 bits per heavy atom. The molecular formula is C21H23ClN2O3. The predicted molar refractivity (Wildman–Crippen MR) is 105 cm³/mol. The molecule has 0 radical (unpaired) electrons. The Morgan fingerprint density at radius 3 is 2.15 bits per heavy atom. The topological polar surface area (TPSA) is 50.8 Å². The summed E-state index contributed by atoms with van der Waals surface area (Å²) in [6.07, 6.45) is -0.216. The molecule has 3 aliphatic rings. The number of fused-ring (bicyclic) bond motifs is 5. The average molecular weight is 387 g/mol. The Kier molecular flexibility index (Phi) is 5.08. The first-order valence-corrected chi connectivity index (χ1v) is 9.24. The average Bonchev–Trinajstić information content (AvgIpc) is 2.99. The molecule has 2 fully saturated rings. The van der Waals surface area contributed by atoms with Crippen LogP contribution < -0.4 is 5.32 Å². The van der Waals surface area contributed by atoms with Crippen LogP contribution in [0, 0.1) is 0 Å². The van der Waals surface area contributed by atoms with Crippen LogP contribution in [0.4, 0.5) is 4.79 Å². The van der Waals surface area contributed by atoms with Crippen molar-refractivity contribution >= 4 is 18.5 Å². The summed E-state index contributed by atoms with van der Waals surface area (Å²) in [5, 5.41) is 3.37. The van der Waals surface area contributed by atoms with Gasteiger partial charge in [0.05, 0.1) is 25.3 Å². The summed E-state index contributed by atoms with van der Waals surface area (Å²) in [6.45, 7) is 3.06. The van der Waals surface area contributed by atoms with E-state index in [0.29, 0.717) is 19.8 Å². The highest BCUT2D eigenvalue weighted by atomic mass is 35.5. The number of halogens is 1. The van der Waals surface area contributed by atoms with Crippen LogP contribution in [0.5, 0.6) is 0 Å². The van der Waals surface area contributed by atoms with Crippen LogP contribution >= 0.6 is 12.4 Å². The lowest BCUT2D eigenvalue weighted by Crippen LogP contribution is -2.65. The summed E-state index contributed by atoms with van der Waals surface area (Å²) in [5.41, 5.74) is 4.98. The van der Waals surface area contributed by atoms with Crippen molar-refractivity contribution < 1.29 is 14.3 Å². The van der Waals surface area contributed by atoms with Crippen LogP contribution in [0.15, 0.2) is 48.5 Å². The van der Waals surface area contributed by atoms with Crippen molar-refractivity contribution in [1.29, 1.82) is 0 Å². The van der Waals surface area contributed by atoms with Crippen molar-refractivity contribution in [3.05, 3.63) is 59.7 Å². The minimum Gasteiger partial charge on any atom is -0.448 e. The van der Waals surface area contributed by atoms with E-state index in [-0.39, 0.29) is 36.5 Å². The van der Waals surface area contributed by atoms with Gasteiger partial charge in [0.1, 0.15) is 6.61 Å². The minimum atomic E-state index is -0.216. The first-order valence-electron chi connectivity index (χ1n) is 9.24. The molecule has 2 bridgehead atoms. The van der Waals surface area contributed by atoms with Gasteiger partial charge >= 0.3 is 6.09 Å². The first-order chi connectivity index (χ1) is 12.8. The van der Waals surface area contributed by atoms with E-state index in [2.05, 4.69) is 53.8 Å². The second-order valence-corrected chi connectivity index (χ2v) is 7.21. The monoisotopic (exact) mass is 386 g/mol. The quantitative estimate of drug-likeness (QED) is 0.862. The molecule has 2 atom stereocenters. The van der Waals surface area contributed by atoms with Crippen LogP contribution in [-0.2, 0) is 9.47 Å². The zero-order valence-electron chi connectivity index (χ0n) is 15.0. The van der Waals surface area contributed by atoms with Gasteiger partial charge in [0.15, 0.2) is 0 Å². The van der Waals surface area contributed by atoms with Gasteiger partial charge in [-0.2, -0.15) is 0 Å². The molecule has 2 heterocycles. The van der Waals surface area contributed by atoms with Crippen molar-refractivity contribution in [3.63, 3.8) is 0 Å². The van der Waals surface area contributed by atoms with E-state index in [1.165, 1.54) is 22.3 Å². The van der Waals surface area contributed by atoms with E-state index in [4.69, 9.17) is 9.47 Å². The summed E-state index contributed by atoms with van der Waals surface area (Å²) >= 11 is 0. The van der Waals surface area contributed by atoms with Gasteiger partial charge in [-0.15, -0.1) is 12.4 Å². The van der Waals surface area contributed by atoms with E-state index in [9.17, 15) is 4.79 Å². The molecule has 1 aliphatic carbocycles. The van der Waals surface area contributed by atoms with E-state index in [1.807, 2.05) is 4.90 Å². The number of carbonyl (C=O) groups excluding carboxylic acids is 1. The van der Waals surface area contributed by atoms with Crippen LogP contribution in [0.1, 0.15) is 17.0 Å². The fourth-order valence-corrected chi connectivity index (χ4v) is 4.50. The van der Waals surface area contributed by atoms with Crippen LogP contribution in [-0.4, -0.2) is 56.0 Å². The van der Waals surface area contributed by atoms with Gasteiger partial charge in [0, 0.05) is 19.0 Å². The molecule has 0 spiro atoms. The highest BCUT2D eigenvalue weighted by molar-refractivity contribution is 5.85. The van der Waals surface area contributed by atoms with Gasteiger partial charge in [-0.25, -0.2) is 4.79 Å². The Hall–Kier alpha value is -2.08. The molecule has 2 saturated heterocycles. The predicted octanol–water partition coefficient (Wildman–Crippen LogP) is 3.03. The normalized spacial score (nSPS) is 23.2. The Bertz CT molecular complexity index is 776. The summed E-state index contributed by atoms with van der Waals surface area (Å²) in [6, 6.07) is 16.9. The third-order valence-corrected chi connectivity index (χ3v) is 5.71. The van der Waals surface area contributed by atoms with Crippen molar-refractivity contribution in [2.45, 2.75) is 18.0 Å². The second kappa shape index (κ2) is 7.50. The zero-order valence-corrected chi connectivity index (χ0v) is 15.8. The Morgan fingerprint density at radius 1 is 1.00 bits per heavy atom. The molecule has 2 unspecified atom stereocenters. The summed E-state index contributed by atoms with van der Waals surface area (Å²) < 4.78 is 11.4. The molecule has 142 valence electrons. The number of hydrogen-bond acceptors (Lipinski definition) is 4. The number of carbonyl (C=O) groups is 1. The van der Waals surface area contributed by atoms with Gasteiger partial charge in [-0.3, -0.25) is 4.90 Å². The Labute approximate surface area is 165 Å². The van der Waals surface area contributed by atoms with E-state index in [0.717, 1.165) is 13.1 Å². The number of benzene rings is 2. The van der Waals surface area contributed by atoms with Crippen LogP contribution in [0.2, 0.25) is 0 Å². The molecule has 0 saturated carbocycles. The maximum Gasteiger partial charge on any atom is 0.410 e. The summed E-state index contributed by atoms with van der Waals surface area (Å²) in [7, 11) is 0. The number of amides is 1. The second-order valence-electron chi connectivity index (χ2n) is 7.21. The van der Waals surface area contributed by atoms with Gasteiger partial charge < -0.3 is 14.8 Å². The number of rotatable bonds is 2. The van der Waals surface area contributed by atoms with Crippen molar-refractivity contribution in [3.8, 4) is 11.1 Å². The van der Waals surface area contributed by atoms with Crippen LogP contribution in [0.3, 0.4) is 0 Å². The fraction of sp³-hybridized carbons (Fsp3) is 0.381. The lowest BCUT2D eigenvalue weighted by atomic mass is 9.98. The number of ether oxygens (including phenoxy) is 2. The molecular weight excluding hydrogens is 364 g/mol. The number of nitrogens with zero attached hydrogens (tertiary/aromatic N) is 1.